The van der Waals surface area contributed by atoms with Gasteiger partial charge in [0.2, 0.25) is 0 Å². The van der Waals surface area contributed by atoms with E-state index in [0.29, 0.717) is 5.82 Å². The molecule has 3 aromatic rings. The molecule has 0 saturated heterocycles. The van der Waals surface area contributed by atoms with Crippen LogP contribution in [0.1, 0.15) is 11.4 Å². The van der Waals surface area contributed by atoms with Gasteiger partial charge in [-0.3, -0.25) is 0 Å². The number of aromatic amines is 1. The van der Waals surface area contributed by atoms with Crippen LogP contribution in [0.3, 0.4) is 0 Å². The number of nitrogens with zero attached hydrogens (tertiary/aromatic N) is 1. The molecule has 0 aliphatic carbocycles. The predicted octanol–water partition coefficient (Wildman–Crippen LogP) is 4.27. The maximum atomic E-state index is 11.7. The van der Waals surface area contributed by atoms with E-state index in [1.54, 1.807) is 6.20 Å². The number of amides is 1. The van der Waals surface area contributed by atoms with Gasteiger partial charge in [0.15, 0.2) is 0 Å². The van der Waals surface area contributed by atoms with Gasteiger partial charge in [-0.25, -0.2) is 9.78 Å². The van der Waals surface area contributed by atoms with Crippen molar-refractivity contribution >= 4 is 22.0 Å². The topological polar surface area (TPSA) is 67.0 Å². The molecule has 0 unspecified atom stereocenters. The molecule has 0 saturated carbocycles. The molecule has 0 radical (unpaired) electrons. The number of alkyl carbamates (subject to hydrolysis) is 1. The molecule has 2 N–H and O–H groups in total. The molecule has 2 aromatic carbocycles. The molecule has 122 valence electrons. The van der Waals surface area contributed by atoms with Gasteiger partial charge in [-0.2, -0.15) is 0 Å². The lowest BCUT2D eigenvalue weighted by atomic mass is 10.2. The molecule has 1 heterocycles. The van der Waals surface area contributed by atoms with Gasteiger partial charge in [0.1, 0.15) is 12.4 Å². The minimum atomic E-state index is -0.472. The van der Waals surface area contributed by atoms with Gasteiger partial charge >= 0.3 is 6.09 Å². The number of hydrogen-bond acceptors (Lipinski definition) is 3. The third kappa shape index (κ3) is 4.45. The summed E-state index contributed by atoms with van der Waals surface area (Å²) in [5.41, 5.74) is 2.88. The Hall–Kier alpha value is -2.60. The second-order valence-electron chi connectivity index (χ2n) is 5.17. The summed E-state index contributed by atoms with van der Waals surface area (Å²) >= 11 is 3.41. The van der Waals surface area contributed by atoms with E-state index in [1.807, 2.05) is 54.6 Å². The molecule has 0 atom stereocenters. The number of halogens is 1. The zero-order valence-electron chi connectivity index (χ0n) is 12.8. The molecule has 1 aromatic heterocycles. The minimum absolute atomic E-state index is 0.245. The van der Waals surface area contributed by atoms with Crippen molar-refractivity contribution in [3.8, 4) is 11.3 Å². The van der Waals surface area contributed by atoms with Crippen molar-refractivity contribution in [1.82, 2.24) is 15.3 Å². The van der Waals surface area contributed by atoms with E-state index in [2.05, 4.69) is 31.2 Å². The Kier molecular flexibility index (Phi) is 5.28. The molecule has 0 fully saturated rings. The Morgan fingerprint density at radius 3 is 2.62 bits per heavy atom. The van der Waals surface area contributed by atoms with Gasteiger partial charge in [-0.15, -0.1) is 0 Å². The van der Waals surface area contributed by atoms with Crippen LogP contribution >= 0.6 is 15.9 Å². The lowest BCUT2D eigenvalue weighted by molar-refractivity contribution is 0.139. The average molecular weight is 386 g/mol. The van der Waals surface area contributed by atoms with Crippen LogP contribution in [0, 0.1) is 0 Å². The first-order valence-corrected chi connectivity index (χ1v) is 8.24. The van der Waals surface area contributed by atoms with Crippen molar-refractivity contribution in [2.45, 2.75) is 13.2 Å². The van der Waals surface area contributed by atoms with E-state index in [-0.39, 0.29) is 13.2 Å². The van der Waals surface area contributed by atoms with Gasteiger partial charge in [0, 0.05) is 4.47 Å². The predicted molar refractivity (Wildman–Crippen MR) is 95.2 cm³/mol. The monoisotopic (exact) mass is 385 g/mol. The number of benzene rings is 2. The van der Waals surface area contributed by atoms with E-state index in [9.17, 15) is 4.79 Å². The summed E-state index contributed by atoms with van der Waals surface area (Å²) in [7, 11) is 0. The number of rotatable bonds is 5. The zero-order chi connectivity index (χ0) is 16.8. The summed E-state index contributed by atoms with van der Waals surface area (Å²) in [4.78, 5) is 19.2. The number of nitrogens with one attached hydrogen (secondary N) is 2. The number of hydrogen-bond donors (Lipinski definition) is 2. The van der Waals surface area contributed by atoms with Gasteiger partial charge in [0.25, 0.3) is 0 Å². The Bertz CT molecular complexity index is 801. The first-order chi connectivity index (χ1) is 11.7. The van der Waals surface area contributed by atoms with E-state index in [4.69, 9.17) is 4.74 Å². The van der Waals surface area contributed by atoms with Crippen LogP contribution in [0.25, 0.3) is 11.3 Å². The molecule has 0 spiro atoms. The van der Waals surface area contributed by atoms with Crippen LogP contribution in [0.5, 0.6) is 0 Å². The molecule has 0 aliphatic heterocycles. The van der Waals surface area contributed by atoms with Crippen LogP contribution < -0.4 is 5.32 Å². The standard InChI is InChI=1S/C18H16BrN3O2/c19-15-8-6-14(7-9-15)16-10-20-17(22-16)11-21-18(23)24-12-13-4-2-1-3-5-13/h1-10H,11-12H2,(H,20,22)(H,21,23). The maximum Gasteiger partial charge on any atom is 0.407 e. The SMILES string of the molecule is O=C(NCc1ncc(-c2ccc(Br)cc2)[nH]1)OCc1ccccc1. The summed E-state index contributed by atoms with van der Waals surface area (Å²) < 4.78 is 6.18. The van der Waals surface area contributed by atoms with Crippen LogP contribution in [0.15, 0.2) is 65.3 Å². The fourth-order valence-corrected chi connectivity index (χ4v) is 2.42. The summed E-state index contributed by atoms with van der Waals surface area (Å²) in [5, 5.41) is 2.68. The lowest BCUT2D eigenvalue weighted by Crippen LogP contribution is -2.24. The Morgan fingerprint density at radius 2 is 1.88 bits per heavy atom. The fraction of sp³-hybridized carbons (Fsp3) is 0.111. The number of aromatic nitrogens is 2. The van der Waals surface area contributed by atoms with Gasteiger partial charge in [-0.1, -0.05) is 58.4 Å². The number of carbonyl (C=O) groups excluding carboxylic acids is 1. The third-order valence-corrected chi connectivity index (χ3v) is 3.93. The highest BCUT2D eigenvalue weighted by Gasteiger charge is 2.06. The summed E-state index contributed by atoms with van der Waals surface area (Å²) in [6.45, 7) is 0.527. The van der Waals surface area contributed by atoms with Crippen molar-refractivity contribution in [2.24, 2.45) is 0 Å². The normalized spacial score (nSPS) is 10.4. The molecule has 0 bridgehead atoms. The first kappa shape index (κ1) is 16.3. The van der Waals surface area contributed by atoms with Crippen LogP contribution in [-0.4, -0.2) is 16.1 Å². The van der Waals surface area contributed by atoms with Crippen molar-refractivity contribution in [3.05, 3.63) is 76.7 Å². The van der Waals surface area contributed by atoms with Gasteiger partial charge in [0.05, 0.1) is 18.4 Å². The quantitative estimate of drug-likeness (QED) is 0.689. The largest absolute Gasteiger partial charge is 0.445 e. The molecule has 5 nitrogen and oxygen atoms in total. The third-order valence-electron chi connectivity index (χ3n) is 3.40. The Balaban J connectivity index is 1.50. The van der Waals surface area contributed by atoms with E-state index >= 15 is 0 Å². The molecule has 24 heavy (non-hydrogen) atoms. The second-order valence-corrected chi connectivity index (χ2v) is 6.08. The Morgan fingerprint density at radius 1 is 1.12 bits per heavy atom. The number of imidazole rings is 1. The van der Waals surface area contributed by atoms with Crippen molar-refractivity contribution < 1.29 is 9.53 Å². The molecule has 6 heteroatoms. The number of ether oxygens (including phenoxy) is 1. The molecule has 1 amide bonds. The molecular weight excluding hydrogens is 370 g/mol. The van der Waals surface area contributed by atoms with Crippen molar-refractivity contribution in [2.75, 3.05) is 0 Å². The summed E-state index contributed by atoms with van der Waals surface area (Å²) in [5.74, 6) is 0.671. The smallest absolute Gasteiger partial charge is 0.407 e. The zero-order valence-corrected chi connectivity index (χ0v) is 14.4. The van der Waals surface area contributed by atoms with Crippen LogP contribution in [-0.2, 0) is 17.9 Å². The van der Waals surface area contributed by atoms with Crippen LogP contribution in [0.4, 0.5) is 4.79 Å². The van der Waals surface area contributed by atoms with Crippen LogP contribution in [0.2, 0.25) is 0 Å². The van der Waals surface area contributed by atoms with E-state index in [1.165, 1.54) is 0 Å². The lowest BCUT2D eigenvalue weighted by Gasteiger charge is -2.05. The number of H-pyrrole nitrogens is 1. The summed E-state index contributed by atoms with van der Waals surface area (Å²) in [6.07, 6.45) is 1.27. The minimum Gasteiger partial charge on any atom is -0.445 e. The number of carbonyl (C=O) groups is 1. The highest BCUT2D eigenvalue weighted by molar-refractivity contribution is 9.10. The van der Waals surface area contributed by atoms with E-state index < -0.39 is 6.09 Å². The fourth-order valence-electron chi connectivity index (χ4n) is 2.16. The van der Waals surface area contributed by atoms with Crippen molar-refractivity contribution in [3.63, 3.8) is 0 Å². The molecule has 3 rings (SSSR count). The Labute approximate surface area is 148 Å². The van der Waals surface area contributed by atoms with Gasteiger partial charge in [-0.05, 0) is 23.3 Å². The molecular formula is C18H16BrN3O2. The molecule has 0 aliphatic rings. The average Bonchev–Trinajstić information content (AvgIpc) is 3.09. The van der Waals surface area contributed by atoms with Gasteiger partial charge < -0.3 is 15.0 Å². The van der Waals surface area contributed by atoms with Crippen molar-refractivity contribution in [1.29, 1.82) is 0 Å². The first-order valence-electron chi connectivity index (χ1n) is 7.45. The highest BCUT2D eigenvalue weighted by atomic mass is 79.9. The second kappa shape index (κ2) is 7.79. The summed E-state index contributed by atoms with van der Waals surface area (Å²) in [6, 6.07) is 17.5. The maximum absolute atomic E-state index is 11.7. The van der Waals surface area contributed by atoms with E-state index in [0.717, 1.165) is 21.3 Å². The highest BCUT2D eigenvalue weighted by Crippen LogP contribution is 2.19.